The van der Waals surface area contributed by atoms with Gasteiger partial charge in [-0.1, -0.05) is 36.4 Å². The molecule has 0 unspecified atom stereocenters. The molecule has 1 aliphatic heterocycles. The van der Waals surface area contributed by atoms with Gasteiger partial charge in [-0.25, -0.2) is 17.2 Å². The van der Waals surface area contributed by atoms with Crippen LogP contribution in [0.2, 0.25) is 0 Å². The molecular formula is C20H20N2O4S. The van der Waals surface area contributed by atoms with Gasteiger partial charge in [0.2, 0.25) is 0 Å². The molecule has 140 valence electrons. The van der Waals surface area contributed by atoms with E-state index in [0.717, 1.165) is 10.9 Å². The van der Waals surface area contributed by atoms with Gasteiger partial charge in [0.05, 0.1) is 10.4 Å². The minimum absolute atomic E-state index is 0.129. The van der Waals surface area contributed by atoms with E-state index in [1.165, 1.54) is 8.87 Å². The first-order valence-electron chi connectivity index (χ1n) is 8.87. The van der Waals surface area contributed by atoms with E-state index in [1.807, 2.05) is 24.3 Å². The minimum atomic E-state index is -3.70. The Balaban J connectivity index is 1.78. The largest absolute Gasteiger partial charge is 0.465 e. The molecule has 2 aromatic carbocycles. The van der Waals surface area contributed by atoms with Gasteiger partial charge in [-0.3, -0.25) is 0 Å². The van der Waals surface area contributed by atoms with Gasteiger partial charge in [-0.05, 0) is 42.5 Å². The number of rotatable bonds is 3. The van der Waals surface area contributed by atoms with E-state index in [0.29, 0.717) is 31.4 Å². The molecule has 1 aliphatic rings. The molecule has 1 fully saturated rings. The Morgan fingerprint density at radius 3 is 2.33 bits per heavy atom. The van der Waals surface area contributed by atoms with Crippen molar-refractivity contribution in [3.05, 3.63) is 66.4 Å². The second-order valence-electron chi connectivity index (χ2n) is 6.76. The Morgan fingerprint density at radius 1 is 0.963 bits per heavy atom. The molecule has 7 heteroatoms. The molecule has 1 saturated heterocycles. The highest BCUT2D eigenvalue weighted by atomic mass is 32.2. The number of hydrogen-bond donors (Lipinski definition) is 1. The number of benzene rings is 2. The van der Waals surface area contributed by atoms with Gasteiger partial charge in [-0.15, -0.1) is 0 Å². The lowest BCUT2D eigenvalue weighted by Gasteiger charge is -2.30. The van der Waals surface area contributed by atoms with Gasteiger partial charge >= 0.3 is 6.09 Å². The normalized spacial score (nSPS) is 15.9. The molecule has 1 amide bonds. The lowest BCUT2D eigenvalue weighted by atomic mass is 9.88. The number of amides is 1. The minimum Gasteiger partial charge on any atom is -0.465 e. The summed E-state index contributed by atoms with van der Waals surface area (Å²) in [6, 6.07) is 16.0. The second kappa shape index (κ2) is 6.74. The highest BCUT2D eigenvalue weighted by molar-refractivity contribution is 7.90. The maximum Gasteiger partial charge on any atom is 0.407 e. The summed E-state index contributed by atoms with van der Waals surface area (Å²) < 4.78 is 27.7. The number of carboxylic acid groups (broad SMARTS) is 1. The molecule has 3 aromatic rings. The van der Waals surface area contributed by atoms with Crippen LogP contribution in [0.25, 0.3) is 10.9 Å². The maximum atomic E-state index is 13.2. The SMILES string of the molecule is O=C(O)N1CCC(c2cccc3ccn(S(=O)(=O)c4ccccc4)c23)CC1. The fraction of sp³-hybridized carbons (Fsp3) is 0.250. The zero-order chi connectivity index (χ0) is 19.0. The maximum absolute atomic E-state index is 13.2. The zero-order valence-corrected chi connectivity index (χ0v) is 15.5. The highest BCUT2D eigenvalue weighted by Crippen LogP contribution is 2.35. The Kier molecular flexibility index (Phi) is 4.39. The van der Waals surface area contributed by atoms with Crippen LogP contribution in [0.3, 0.4) is 0 Å². The second-order valence-corrected chi connectivity index (χ2v) is 8.57. The quantitative estimate of drug-likeness (QED) is 0.746. The average molecular weight is 384 g/mol. The summed E-state index contributed by atoms with van der Waals surface area (Å²) in [7, 11) is -3.70. The van der Waals surface area contributed by atoms with E-state index < -0.39 is 16.1 Å². The first-order chi connectivity index (χ1) is 13.0. The van der Waals surface area contributed by atoms with Crippen molar-refractivity contribution >= 4 is 27.0 Å². The molecule has 4 rings (SSSR count). The first kappa shape index (κ1) is 17.6. The number of piperidine rings is 1. The summed E-state index contributed by atoms with van der Waals surface area (Å²) in [5.74, 6) is 0.129. The highest BCUT2D eigenvalue weighted by Gasteiger charge is 2.27. The summed E-state index contributed by atoms with van der Waals surface area (Å²) >= 11 is 0. The van der Waals surface area contributed by atoms with Crippen LogP contribution >= 0.6 is 0 Å². The standard InChI is InChI=1S/C20H20N2O4S/c23-20(24)21-12-9-15(10-13-21)18-8-4-5-16-11-14-22(19(16)18)27(25,26)17-6-2-1-3-7-17/h1-8,11,14-15H,9-10,12-13H2,(H,23,24). The van der Waals surface area contributed by atoms with Crippen LogP contribution in [0.4, 0.5) is 4.79 Å². The van der Waals surface area contributed by atoms with E-state index >= 15 is 0 Å². The van der Waals surface area contributed by atoms with Crippen molar-refractivity contribution < 1.29 is 18.3 Å². The van der Waals surface area contributed by atoms with Gasteiger partial charge in [-0.2, -0.15) is 0 Å². The molecule has 2 heterocycles. The van der Waals surface area contributed by atoms with Crippen molar-refractivity contribution in [3.8, 4) is 0 Å². The van der Waals surface area contributed by atoms with Gasteiger partial charge in [0, 0.05) is 24.7 Å². The first-order valence-corrected chi connectivity index (χ1v) is 10.3. The van der Waals surface area contributed by atoms with Crippen molar-refractivity contribution in [1.82, 2.24) is 8.87 Å². The van der Waals surface area contributed by atoms with E-state index in [1.54, 1.807) is 36.5 Å². The van der Waals surface area contributed by atoms with Crippen LogP contribution in [-0.4, -0.2) is 41.6 Å². The van der Waals surface area contributed by atoms with Gasteiger partial charge in [0.25, 0.3) is 10.0 Å². The number of nitrogens with zero attached hydrogens (tertiary/aromatic N) is 2. The summed E-state index contributed by atoms with van der Waals surface area (Å²) in [6.07, 6.45) is 2.06. The molecule has 1 N–H and O–H groups in total. The smallest absolute Gasteiger partial charge is 0.407 e. The fourth-order valence-electron chi connectivity index (χ4n) is 3.81. The van der Waals surface area contributed by atoms with Crippen LogP contribution in [0.1, 0.15) is 24.3 Å². The number of hydrogen-bond acceptors (Lipinski definition) is 3. The zero-order valence-electron chi connectivity index (χ0n) is 14.7. The van der Waals surface area contributed by atoms with Crippen LogP contribution in [0.15, 0.2) is 65.7 Å². The van der Waals surface area contributed by atoms with Gasteiger partial charge in [0.1, 0.15) is 0 Å². The predicted molar refractivity (Wildman–Crippen MR) is 103 cm³/mol. The summed E-state index contributed by atoms with van der Waals surface area (Å²) in [5, 5.41) is 10.0. The van der Waals surface area contributed by atoms with Gasteiger partial charge < -0.3 is 10.0 Å². The van der Waals surface area contributed by atoms with Crippen molar-refractivity contribution in [2.24, 2.45) is 0 Å². The third kappa shape index (κ3) is 3.08. The average Bonchev–Trinajstić information content (AvgIpc) is 3.14. The monoisotopic (exact) mass is 384 g/mol. The van der Waals surface area contributed by atoms with Crippen molar-refractivity contribution in [2.45, 2.75) is 23.7 Å². The third-order valence-electron chi connectivity index (χ3n) is 5.21. The molecule has 0 aliphatic carbocycles. The van der Waals surface area contributed by atoms with E-state index in [2.05, 4.69) is 0 Å². The Hall–Kier alpha value is -2.80. The van der Waals surface area contributed by atoms with E-state index in [-0.39, 0.29) is 10.8 Å². The predicted octanol–water partition coefficient (Wildman–Crippen LogP) is 3.74. The van der Waals surface area contributed by atoms with E-state index in [9.17, 15) is 13.2 Å². The van der Waals surface area contributed by atoms with Crippen molar-refractivity contribution in [2.75, 3.05) is 13.1 Å². The molecular weight excluding hydrogens is 364 g/mol. The molecule has 6 nitrogen and oxygen atoms in total. The molecule has 0 bridgehead atoms. The number of fused-ring (bicyclic) bond motifs is 1. The molecule has 1 aromatic heterocycles. The van der Waals surface area contributed by atoms with E-state index in [4.69, 9.17) is 5.11 Å². The van der Waals surface area contributed by atoms with Crippen LogP contribution in [0.5, 0.6) is 0 Å². The fourth-order valence-corrected chi connectivity index (χ4v) is 5.21. The summed E-state index contributed by atoms with van der Waals surface area (Å²) in [6.45, 7) is 0.922. The lowest BCUT2D eigenvalue weighted by Crippen LogP contribution is -2.36. The Morgan fingerprint density at radius 2 is 1.67 bits per heavy atom. The molecule has 0 spiro atoms. The number of aromatic nitrogens is 1. The Bertz CT molecular complexity index is 1080. The molecule has 0 atom stereocenters. The number of carbonyl (C=O) groups is 1. The molecule has 27 heavy (non-hydrogen) atoms. The van der Waals surface area contributed by atoms with Crippen LogP contribution in [-0.2, 0) is 10.0 Å². The van der Waals surface area contributed by atoms with Crippen LogP contribution in [0, 0.1) is 0 Å². The Labute approximate surface area is 157 Å². The van der Waals surface area contributed by atoms with Crippen LogP contribution < -0.4 is 0 Å². The van der Waals surface area contributed by atoms with Gasteiger partial charge in [0.15, 0.2) is 0 Å². The van der Waals surface area contributed by atoms with Crippen molar-refractivity contribution in [3.63, 3.8) is 0 Å². The number of para-hydroxylation sites is 1. The summed E-state index contributed by atoms with van der Waals surface area (Å²) in [5.41, 5.74) is 1.65. The lowest BCUT2D eigenvalue weighted by molar-refractivity contribution is 0.132. The molecule has 0 radical (unpaired) electrons. The third-order valence-corrected chi connectivity index (χ3v) is 6.90. The van der Waals surface area contributed by atoms with Crippen molar-refractivity contribution in [1.29, 1.82) is 0 Å². The summed E-state index contributed by atoms with van der Waals surface area (Å²) in [4.78, 5) is 12.8. The topological polar surface area (TPSA) is 79.6 Å². The molecule has 0 saturated carbocycles. The number of likely N-dealkylation sites (tertiary alicyclic amines) is 1.